The Morgan fingerprint density at radius 1 is 1.15 bits per heavy atom. The molecule has 0 atom stereocenters. The Morgan fingerprint density at radius 2 is 1.78 bits per heavy atom. The molecule has 0 unspecified atom stereocenters. The minimum absolute atomic E-state index is 0. The average molecular weight is 395 g/mol. The number of methoxy groups -OCH3 is 1. The summed E-state index contributed by atoms with van der Waals surface area (Å²) in [6, 6.07) is 8.23. The summed E-state index contributed by atoms with van der Waals surface area (Å²) in [4.78, 5) is 15.8. The molecule has 0 spiro atoms. The summed E-state index contributed by atoms with van der Waals surface area (Å²) in [5, 5.41) is 3.25. The topological polar surface area (TPSA) is 41.6 Å². The summed E-state index contributed by atoms with van der Waals surface area (Å²) in [6.07, 6.45) is 9.03. The summed E-state index contributed by atoms with van der Waals surface area (Å²) in [5.41, 5.74) is 0.864. The van der Waals surface area contributed by atoms with Crippen LogP contribution in [-0.4, -0.2) is 44.6 Å². The normalized spacial score (nSPS) is 20.0. The molecule has 0 bridgehead atoms. The molecule has 1 heterocycles. The van der Waals surface area contributed by atoms with E-state index in [2.05, 4.69) is 22.3 Å². The third-order valence-electron chi connectivity index (χ3n) is 6.46. The van der Waals surface area contributed by atoms with Crippen molar-refractivity contribution in [3.05, 3.63) is 29.8 Å². The molecule has 1 aromatic carbocycles. The average Bonchev–Trinajstić information content (AvgIpc) is 2.72. The lowest BCUT2D eigenvalue weighted by atomic mass is 9.68. The summed E-state index contributed by atoms with van der Waals surface area (Å²) in [5.74, 6) is 1.99. The zero-order chi connectivity index (χ0) is 18.4. The minimum Gasteiger partial charge on any atom is -0.497 e. The van der Waals surface area contributed by atoms with Gasteiger partial charge in [0.15, 0.2) is 0 Å². The first-order chi connectivity index (χ1) is 12.7. The van der Waals surface area contributed by atoms with Gasteiger partial charge in [0, 0.05) is 13.1 Å². The number of nitrogens with one attached hydrogen (secondary N) is 1. The van der Waals surface area contributed by atoms with Crippen molar-refractivity contribution in [2.45, 2.75) is 56.8 Å². The molecule has 4 nitrogen and oxygen atoms in total. The van der Waals surface area contributed by atoms with Crippen LogP contribution in [0.2, 0.25) is 0 Å². The van der Waals surface area contributed by atoms with Gasteiger partial charge in [0.05, 0.1) is 12.5 Å². The number of rotatable bonds is 6. The van der Waals surface area contributed by atoms with E-state index in [4.69, 9.17) is 4.74 Å². The van der Waals surface area contributed by atoms with Crippen LogP contribution in [0.1, 0.15) is 56.9 Å². The van der Waals surface area contributed by atoms with Crippen molar-refractivity contribution in [2.24, 2.45) is 5.92 Å². The molecule has 1 aliphatic heterocycles. The van der Waals surface area contributed by atoms with Gasteiger partial charge in [0.25, 0.3) is 0 Å². The fourth-order valence-electron chi connectivity index (χ4n) is 4.77. The number of hydrogen-bond donors (Lipinski definition) is 1. The lowest BCUT2D eigenvalue weighted by Crippen LogP contribution is -2.50. The van der Waals surface area contributed by atoms with E-state index in [0.29, 0.717) is 5.91 Å². The van der Waals surface area contributed by atoms with Crippen LogP contribution < -0.4 is 10.1 Å². The van der Waals surface area contributed by atoms with Crippen LogP contribution in [-0.2, 0) is 10.2 Å². The predicted molar refractivity (Wildman–Crippen MR) is 113 cm³/mol. The fraction of sp³-hybridized carbons (Fsp3) is 0.682. The number of nitrogens with zero attached hydrogens (tertiary/aromatic N) is 1. The van der Waals surface area contributed by atoms with Crippen LogP contribution in [0.3, 0.4) is 0 Å². The standard InChI is InChI=1S/C22H34N2O2.ClH/c1-23-15-10-18-11-16-24(17-12-18)21(25)22(13-4-3-5-14-22)19-6-8-20(26-2)9-7-19;/h6-9,18,23H,3-5,10-17H2,1-2H3;1H. The van der Waals surface area contributed by atoms with Crippen molar-refractivity contribution < 1.29 is 9.53 Å². The Labute approximate surface area is 170 Å². The zero-order valence-corrected chi connectivity index (χ0v) is 17.7. The van der Waals surface area contributed by atoms with Gasteiger partial charge in [-0.1, -0.05) is 31.4 Å². The Kier molecular flexibility index (Phi) is 8.43. The van der Waals surface area contributed by atoms with Crippen molar-refractivity contribution in [3.8, 4) is 5.75 Å². The van der Waals surface area contributed by atoms with Crippen LogP contribution in [0.15, 0.2) is 24.3 Å². The minimum atomic E-state index is -0.317. The van der Waals surface area contributed by atoms with Gasteiger partial charge in [-0.2, -0.15) is 0 Å². The lowest BCUT2D eigenvalue weighted by molar-refractivity contribution is -0.140. The first-order valence-corrected chi connectivity index (χ1v) is 10.3. The number of amides is 1. The Bertz CT molecular complexity index is 576. The molecule has 0 radical (unpaired) electrons. The van der Waals surface area contributed by atoms with Gasteiger partial charge in [-0.3, -0.25) is 4.79 Å². The van der Waals surface area contributed by atoms with E-state index < -0.39 is 0 Å². The van der Waals surface area contributed by atoms with E-state index in [0.717, 1.165) is 69.8 Å². The number of likely N-dealkylation sites (tertiary alicyclic amines) is 1. The number of carbonyl (C=O) groups is 1. The summed E-state index contributed by atoms with van der Waals surface area (Å²) < 4.78 is 5.31. The van der Waals surface area contributed by atoms with Crippen LogP contribution in [0.4, 0.5) is 0 Å². The van der Waals surface area contributed by atoms with Gasteiger partial charge < -0.3 is 15.0 Å². The first-order valence-electron chi connectivity index (χ1n) is 10.3. The second kappa shape index (κ2) is 10.3. The van der Waals surface area contributed by atoms with Crippen LogP contribution in [0.5, 0.6) is 5.75 Å². The number of hydrogen-bond acceptors (Lipinski definition) is 3. The van der Waals surface area contributed by atoms with Gasteiger partial charge in [-0.05, 0) is 69.3 Å². The first kappa shape index (κ1) is 22.0. The molecule has 1 aliphatic carbocycles. The maximum atomic E-state index is 13.6. The summed E-state index contributed by atoms with van der Waals surface area (Å²) >= 11 is 0. The van der Waals surface area contributed by atoms with Crippen LogP contribution in [0.25, 0.3) is 0 Å². The Balaban J connectivity index is 0.00000261. The highest BCUT2D eigenvalue weighted by Gasteiger charge is 2.44. The van der Waals surface area contributed by atoms with E-state index in [1.54, 1.807) is 7.11 Å². The molecule has 27 heavy (non-hydrogen) atoms. The molecule has 1 saturated heterocycles. The number of ether oxygens (including phenoxy) is 1. The third-order valence-corrected chi connectivity index (χ3v) is 6.46. The molecule has 1 N–H and O–H groups in total. The lowest BCUT2D eigenvalue weighted by Gasteiger charge is -2.42. The molecular formula is C22H35ClN2O2. The van der Waals surface area contributed by atoms with Gasteiger partial charge in [-0.15, -0.1) is 12.4 Å². The third kappa shape index (κ3) is 4.97. The maximum Gasteiger partial charge on any atom is 0.233 e. The molecular weight excluding hydrogens is 360 g/mol. The Hall–Kier alpha value is -1.26. The quantitative estimate of drug-likeness (QED) is 0.787. The van der Waals surface area contributed by atoms with Gasteiger partial charge >= 0.3 is 0 Å². The summed E-state index contributed by atoms with van der Waals surface area (Å²) in [6.45, 7) is 2.92. The van der Waals surface area contributed by atoms with Crippen molar-refractivity contribution in [3.63, 3.8) is 0 Å². The molecule has 2 fully saturated rings. The van der Waals surface area contributed by atoms with Crippen LogP contribution >= 0.6 is 12.4 Å². The molecule has 2 aliphatic rings. The van der Waals surface area contributed by atoms with E-state index in [9.17, 15) is 4.79 Å². The van der Waals surface area contributed by atoms with E-state index in [1.807, 2.05) is 19.2 Å². The van der Waals surface area contributed by atoms with E-state index in [1.165, 1.54) is 18.4 Å². The number of benzene rings is 1. The summed E-state index contributed by atoms with van der Waals surface area (Å²) in [7, 11) is 3.70. The highest BCUT2D eigenvalue weighted by Crippen LogP contribution is 2.42. The molecule has 1 aromatic rings. The largest absolute Gasteiger partial charge is 0.497 e. The van der Waals surface area contributed by atoms with Crippen molar-refractivity contribution in [2.75, 3.05) is 33.8 Å². The predicted octanol–water partition coefficient (Wildman–Crippen LogP) is 4.17. The number of piperidine rings is 1. The van der Waals surface area contributed by atoms with Gasteiger partial charge in [-0.25, -0.2) is 0 Å². The van der Waals surface area contributed by atoms with Gasteiger partial charge in [0.1, 0.15) is 5.75 Å². The van der Waals surface area contributed by atoms with Crippen LogP contribution in [0, 0.1) is 5.92 Å². The zero-order valence-electron chi connectivity index (χ0n) is 16.8. The fourth-order valence-corrected chi connectivity index (χ4v) is 4.77. The van der Waals surface area contributed by atoms with Crippen molar-refractivity contribution >= 4 is 18.3 Å². The smallest absolute Gasteiger partial charge is 0.233 e. The molecule has 5 heteroatoms. The second-order valence-electron chi connectivity index (χ2n) is 8.00. The SMILES string of the molecule is CNCCC1CCN(C(=O)C2(c3ccc(OC)cc3)CCCCC2)CC1.Cl. The van der Waals surface area contributed by atoms with Gasteiger partial charge in [0.2, 0.25) is 5.91 Å². The molecule has 1 amide bonds. The molecule has 1 saturated carbocycles. The van der Waals surface area contributed by atoms with E-state index >= 15 is 0 Å². The molecule has 3 rings (SSSR count). The maximum absolute atomic E-state index is 13.6. The van der Waals surface area contributed by atoms with E-state index in [-0.39, 0.29) is 17.8 Å². The highest BCUT2D eigenvalue weighted by molar-refractivity contribution is 5.88. The van der Waals surface area contributed by atoms with Crippen molar-refractivity contribution in [1.29, 1.82) is 0 Å². The monoisotopic (exact) mass is 394 g/mol. The second-order valence-corrected chi connectivity index (χ2v) is 8.00. The van der Waals surface area contributed by atoms with Crippen molar-refractivity contribution in [1.82, 2.24) is 10.2 Å². The number of halogens is 1. The molecule has 0 aromatic heterocycles. The molecule has 152 valence electrons. The Morgan fingerprint density at radius 3 is 2.33 bits per heavy atom. The highest BCUT2D eigenvalue weighted by atomic mass is 35.5. The number of carbonyl (C=O) groups excluding carboxylic acids is 1.